The van der Waals surface area contributed by atoms with Crippen LogP contribution < -0.4 is 10.3 Å². The first-order valence-electron chi connectivity index (χ1n) is 9.27. The third-order valence-electron chi connectivity index (χ3n) is 5.07. The van der Waals surface area contributed by atoms with Gasteiger partial charge >= 0.3 is 0 Å². The summed E-state index contributed by atoms with van der Waals surface area (Å²) in [5.74, 6) is 0.378. The molecule has 0 spiro atoms. The van der Waals surface area contributed by atoms with Crippen molar-refractivity contribution >= 4 is 10.8 Å². The maximum absolute atomic E-state index is 14.9. The van der Waals surface area contributed by atoms with Crippen LogP contribution in [0.3, 0.4) is 0 Å². The maximum Gasteiger partial charge on any atom is 0.258 e. The number of benzene rings is 2. The molecule has 0 N–H and O–H groups in total. The molecule has 1 aromatic heterocycles. The Morgan fingerprint density at radius 2 is 2.04 bits per heavy atom. The third-order valence-corrected chi connectivity index (χ3v) is 5.07. The second-order valence-corrected chi connectivity index (χ2v) is 6.83. The third kappa shape index (κ3) is 2.90. The van der Waals surface area contributed by atoms with Crippen molar-refractivity contribution in [3.63, 3.8) is 0 Å². The van der Waals surface area contributed by atoms with E-state index >= 15 is 0 Å². The Kier molecular flexibility index (Phi) is 4.49. The van der Waals surface area contributed by atoms with E-state index in [9.17, 15) is 9.18 Å². The van der Waals surface area contributed by atoms with Crippen molar-refractivity contribution < 1.29 is 9.13 Å². The Morgan fingerprint density at radius 1 is 1.15 bits per heavy atom. The van der Waals surface area contributed by atoms with Gasteiger partial charge in [-0.1, -0.05) is 38.0 Å². The summed E-state index contributed by atoms with van der Waals surface area (Å²) < 4.78 is 22.3. The number of pyridine rings is 1. The van der Waals surface area contributed by atoms with Gasteiger partial charge in [0.15, 0.2) is 0 Å². The average molecular weight is 351 g/mol. The molecule has 3 nitrogen and oxygen atoms in total. The van der Waals surface area contributed by atoms with E-state index in [0.717, 1.165) is 47.9 Å². The van der Waals surface area contributed by atoms with Crippen LogP contribution in [0, 0.1) is 5.82 Å². The lowest BCUT2D eigenvalue weighted by molar-refractivity contribution is 0.358. The molecule has 0 fully saturated rings. The zero-order valence-corrected chi connectivity index (χ0v) is 14.9. The highest BCUT2D eigenvalue weighted by Gasteiger charge is 2.20. The van der Waals surface area contributed by atoms with E-state index in [1.807, 2.05) is 30.5 Å². The molecule has 1 aliphatic heterocycles. The molecular weight excluding hydrogens is 329 g/mol. The molecule has 3 aromatic rings. The van der Waals surface area contributed by atoms with Gasteiger partial charge in [0.1, 0.15) is 11.6 Å². The van der Waals surface area contributed by atoms with E-state index in [0.29, 0.717) is 24.1 Å². The van der Waals surface area contributed by atoms with E-state index in [-0.39, 0.29) is 11.4 Å². The molecule has 4 heteroatoms. The largest absolute Gasteiger partial charge is 0.492 e. The Labute approximate surface area is 152 Å². The van der Waals surface area contributed by atoms with Gasteiger partial charge in [0.2, 0.25) is 0 Å². The fraction of sp³-hybridized carbons (Fsp3) is 0.318. The second kappa shape index (κ2) is 6.94. The molecule has 1 aliphatic rings. The SMILES string of the molecule is CCCCCn1ccc2cc(-c3cccc4c3OCC4)c(F)cc2c1=O. The zero-order chi connectivity index (χ0) is 18.1. The van der Waals surface area contributed by atoms with Gasteiger partial charge in [-0.25, -0.2) is 4.39 Å². The number of fused-ring (bicyclic) bond motifs is 2. The summed E-state index contributed by atoms with van der Waals surface area (Å²) in [4.78, 5) is 12.7. The summed E-state index contributed by atoms with van der Waals surface area (Å²) in [5.41, 5.74) is 2.22. The number of ether oxygens (including phenoxy) is 1. The number of halogens is 1. The van der Waals surface area contributed by atoms with Crippen LogP contribution in [0.25, 0.3) is 21.9 Å². The number of aryl methyl sites for hydroxylation is 1. The number of nitrogens with zero attached hydrogens (tertiary/aromatic N) is 1. The van der Waals surface area contributed by atoms with Crippen molar-refractivity contribution in [1.29, 1.82) is 0 Å². The highest BCUT2D eigenvalue weighted by molar-refractivity contribution is 5.88. The molecule has 2 heterocycles. The molecule has 4 rings (SSSR count). The van der Waals surface area contributed by atoms with Gasteiger partial charge in [0, 0.05) is 30.3 Å². The Hall–Kier alpha value is -2.62. The molecule has 0 amide bonds. The van der Waals surface area contributed by atoms with Crippen LogP contribution in [-0.2, 0) is 13.0 Å². The predicted octanol–water partition coefficient (Wildman–Crippen LogP) is 4.93. The fourth-order valence-corrected chi connectivity index (χ4v) is 3.65. The Balaban J connectivity index is 1.80. The summed E-state index contributed by atoms with van der Waals surface area (Å²) in [6.07, 6.45) is 5.80. The Bertz CT molecular complexity index is 1020. The van der Waals surface area contributed by atoms with Crippen molar-refractivity contribution in [2.24, 2.45) is 0 Å². The van der Waals surface area contributed by atoms with Gasteiger partial charge in [-0.3, -0.25) is 4.79 Å². The molecule has 2 aromatic carbocycles. The normalized spacial score (nSPS) is 13.0. The minimum atomic E-state index is -0.384. The number of unbranched alkanes of at least 4 members (excludes halogenated alkanes) is 2. The molecular formula is C22H22FNO2. The molecule has 0 bridgehead atoms. The maximum atomic E-state index is 14.9. The standard InChI is InChI=1S/C22H22FNO2/c1-2-3-4-10-24-11-8-16-13-19(20(23)14-18(16)22(24)25)17-7-5-6-15-9-12-26-21(15)17/h5-8,11,13-14H,2-4,9-10,12H2,1H3. The topological polar surface area (TPSA) is 31.2 Å². The van der Waals surface area contributed by atoms with Crippen LogP contribution in [0.4, 0.5) is 4.39 Å². The van der Waals surface area contributed by atoms with Crippen LogP contribution in [0.5, 0.6) is 5.75 Å². The van der Waals surface area contributed by atoms with Gasteiger partial charge in [-0.15, -0.1) is 0 Å². The van der Waals surface area contributed by atoms with Crippen LogP contribution in [0.15, 0.2) is 47.4 Å². The van der Waals surface area contributed by atoms with Crippen molar-refractivity contribution in [2.75, 3.05) is 6.61 Å². The molecule has 134 valence electrons. The van der Waals surface area contributed by atoms with Crippen LogP contribution >= 0.6 is 0 Å². The lowest BCUT2D eigenvalue weighted by atomic mass is 9.98. The number of hydrogen-bond acceptors (Lipinski definition) is 2. The first-order chi connectivity index (χ1) is 12.7. The summed E-state index contributed by atoms with van der Waals surface area (Å²) in [7, 11) is 0. The molecule has 26 heavy (non-hydrogen) atoms. The molecule has 0 saturated carbocycles. The van der Waals surface area contributed by atoms with Gasteiger partial charge in [0.05, 0.1) is 12.0 Å². The van der Waals surface area contributed by atoms with E-state index in [1.54, 1.807) is 10.6 Å². The Morgan fingerprint density at radius 3 is 2.88 bits per heavy atom. The summed E-state index contributed by atoms with van der Waals surface area (Å²) in [6, 6.07) is 10.9. The van der Waals surface area contributed by atoms with Crippen molar-refractivity contribution in [1.82, 2.24) is 4.57 Å². The number of aromatic nitrogens is 1. The smallest absolute Gasteiger partial charge is 0.258 e. The highest BCUT2D eigenvalue weighted by atomic mass is 19.1. The fourth-order valence-electron chi connectivity index (χ4n) is 3.65. The first kappa shape index (κ1) is 16.8. The molecule has 0 aliphatic carbocycles. The van der Waals surface area contributed by atoms with E-state index in [2.05, 4.69) is 6.92 Å². The van der Waals surface area contributed by atoms with Gasteiger partial charge in [0.25, 0.3) is 5.56 Å². The molecule has 0 saturated heterocycles. The summed E-state index contributed by atoms with van der Waals surface area (Å²) >= 11 is 0. The minimum absolute atomic E-state index is 0.126. The summed E-state index contributed by atoms with van der Waals surface area (Å²) in [6.45, 7) is 3.43. The van der Waals surface area contributed by atoms with Gasteiger partial charge < -0.3 is 9.30 Å². The number of para-hydroxylation sites is 1. The zero-order valence-electron chi connectivity index (χ0n) is 14.9. The number of hydrogen-bond donors (Lipinski definition) is 0. The minimum Gasteiger partial charge on any atom is -0.492 e. The van der Waals surface area contributed by atoms with E-state index in [4.69, 9.17) is 4.74 Å². The molecule has 0 unspecified atom stereocenters. The quantitative estimate of drug-likeness (QED) is 0.610. The lowest BCUT2D eigenvalue weighted by Gasteiger charge is -2.12. The lowest BCUT2D eigenvalue weighted by Crippen LogP contribution is -2.19. The van der Waals surface area contributed by atoms with Crippen molar-refractivity contribution in [2.45, 2.75) is 39.2 Å². The molecule has 0 radical (unpaired) electrons. The van der Waals surface area contributed by atoms with Crippen LogP contribution in [-0.4, -0.2) is 11.2 Å². The van der Waals surface area contributed by atoms with Crippen molar-refractivity contribution in [3.8, 4) is 16.9 Å². The van der Waals surface area contributed by atoms with E-state index < -0.39 is 0 Å². The second-order valence-electron chi connectivity index (χ2n) is 6.83. The van der Waals surface area contributed by atoms with E-state index in [1.165, 1.54) is 6.07 Å². The monoisotopic (exact) mass is 351 g/mol. The average Bonchev–Trinajstić information content (AvgIpc) is 3.13. The molecule has 0 atom stereocenters. The predicted molar refractivity (Wildman–Crippen MR) is 102 cm³/mol. The van der Waals surface area contributed by atoms with Crippen LogP contribution in [0.2, 0.25) is 0 Å². The van der Waals surface area contributed by atoms with Gasteiger partial charge in [-0.05, 0) is 35.6 Å². The number of rotatable bonds is 5. The highest BCUT2D eigenvalue weighted by Crippen LogP contribution is 2.38. The van der Waals surface area contributed by atoms with Crippen LogP contribution in [0.1, 0.15) is 31.7 Å². The van der Waals surface area contributed by atoms with Gasteiger partial charge in [-0.2, -0.15) is 0 Å². The van der Waals surface area contributed by atoms with Crippen molar-refractivity contribution in [3.05, 3.63) is 64.3 Å². The summed E-state index contributed by atoms with van der Waals surface area (Å²) in [5, 5.41) is 1.19. The first-order valence-corrected chi connectivity index (χ1v) is 9.27.